The van der Waals surface area contributed by atoms with Gasteiger partial charge in [-0.05, 0) is 31.2 Å². The Balaban J connectivity index is 2.18. The van der Waals surface area contributed by atoms with E-state index in [1.807, 2.05) is 0 Å². The molecule has 0 radical (unpaired) electrons. The van der Waals surface area contributed by atoms with Crippen molar-refractivity contribution >= 4 is 21.6 Å². The third kappa shape index (κ3) is 3.13. The van der Waals surface area contributed by atoms with Crippen molar-refractivity contribution in [1.29, 1.82) is 0 Å². The summed E-state index contributed by atoms with van der Waals surface area (Å²) in [5, 5.41) is 6.25. The first-order valence-electron chi connectivity index (χ1n) is 5.31. The summed E-state index contributed by atoms with van der Waals surface area (Å²) in [6.45, 7) is 1.69. The normalized spacial score (nSPS) is 20.6. The van der Waals surface area contributed by atoms with Gasteiger partial charge in [0.25, 0.3) is 0 Å². The van der Waals surface area contributed by atoms with Crippen molar-refractivity contribution in [3.63, 3.8) is 0 Å². The topological polar surface area (TPSA) is 24.1 Å². The molecule has 17 heavy (non-hydrogen) atoms. The van der Waals surface area contributed by atoms with Gasteiger partial charge in [0.05, 0.1) is 5.56 Å². The second-order valence-electron chi connectivity index (χ2n) is 4.03. The first-order chi connectivity index (χ1) is 7.97. The van der Waals surface area contributed by atoms with Gasteiger partial charge in [-0.15, -0.1) is 0 Å². The standard InChI is InChI=1S/C11H12BrF3N2/c12-10-2-1-7(5-9(10)11(13,14)15)17-8-3-4-16-6-8/h1-2,5,8,16-17H,3-4,6H2. The summed E-state index contributed by atoms with van der Waals surface area (Å²) in [6, 6.07) is 4.42. The summed E-state index contributed by atoms with van der Waals surface area (Å²) in [6.07, 6.45) is -3.40. The number of anilines is 1. The van der Waals surface area contributed by atoms with Crippen molar-refractivity contribution < 1.29 is 13.2 Å². The minimum Gasteiger partial charge on any atom is -0.381 e. The molecule has 1 aliphatic rings. The molecule has 2 nitrogen and oxygen atoms in total. The molecule has 6 heteroatoms. The maximum Gasteiger partial charge on any atom is 0.417 e. The minimum absolute atomic E-state index is 0.0695. The van der Waals surface area contributed by atoms with E-state index in [-0.39, 0.29) is 10.5 Å². The zero-order valence-electron chi connectivity index (χ0n) is 8.94. The molecule has 1 fully saturated rings. The van der Waals surface area contributed by atoms with Gasteiger partial charge in [-0.1, -0.05) is 15.9 Å². The molecule has 0 amide bonds. The molecule has 1 heterocycles. The highest BCUT2D eigenvalue weighted by Gasteiger charge is 2.33. The van der Waals surface area contributed by atoms with Crippen LogP contribution in [0.3, 0.4) is 0 Å². The maximum atomic E-state index is 12.7. The lowest BCUT2D eigenvalue weighted by Crippen LogP contribution is -2.22. The average Bonchev–Trinajstić information content (AvgIpc) is 2.72. The predicted molar refractivity (Wildman–Crippen MR) is 64.0 cm³/mol. The molecule has 1 aliphatic heterocycles. The zero-order valence-corrected chi connectivity index (χ0v) is 10.5. The van der Waals surface area contributed by atoms with Gasteiger partial charge in [0.1, 0.15) is 0 Å². The van der Waals surface area contributed by atoms with E-state index in [9.17, 15) is 13.2 Å². The van der Waals surface area contributed by atoms with Crippen LogP contribution in [-0.2, 0) is 6.18 Å². The van der Waals surface area contributed by atoms with Crippen LogP contribution in [0.2, 0.25) is 0 Å². The largest absolute Gasteiger partial charge is 0.417 e. The van der Waals surface area contributed by atoms with Crippen molar-refractivity contribution in [2.24, 2.45) is 0 Å². The molecule has 0 spiro atoms. The average molecular weight is 309 g/mol. The monoisotopic (exact) mass is 308 g/mol. The fourth-order valence-corrected chi connectivity index (χ4v) is 2.32. The van der Waals surface area contributed by atoms with E-state index in [2.05, 4.69) is 26.6 Å². The van der Waals surface area contributed by atoms with Crippen molar-refractivity contribution in [3.8, 4) is 0 Å². The van der Waals surface area contributed by atoms with Crippen LogP contribution in [0.4, 0.5) is 18.9 Å². The third-order valence-electron chi connectivity index (χ3n) is 2.70. The Bertz CT molecular complexity index is 400. The molecule has 1 atom stereocenters. The van der Waals surface area contributed by atoms with Crippen LogP contribution in [0.1, 0.15) is 12.0 Å². The van der Waals surface area contributed by atoms with Crippen LogP contribution < -0.4 is 10.6 Å². The third-order valence-corrected chi connectivity index (χ3v) is 3.39. The Morgan fingerprint density at radius 3 is 2.71 bits per heavy atom. The Labute approximate surface area is 106 Å². The van der Waals surface area contributed by atoms with Crippen molar-refractivity contribution in [2.45, 2.75) is 18.6 Å². The second kappa shape index (κ2) is 4.86. The van der Waals surface area contributed by atoms with E-state index in [0.717, 1.165) is 25.6 Å². The van der Waals surface area contributed by atoms with Crippen LogP contribution in [0.5, 0.6) is 0 Å². The van der Waals surface area contributed by atoms with Gasteiger partial charge in [-0.25, -0.2) is 0 Å². The predicted octanol–water partition coefficient (Wildman–Crippen LogP) is 3.24. The molecule has 94 valence electrons. The second-order valence-corrected chi connectivity index (χ2v) is 4.88. The van der Waals surface area contributed by atoms with Gasteiger partial charge in [0.15, 0.2) is 0 Å². The maximum absolute atomic E-state index is 12.7. The Hall–Kier alpha value is -0.750. The molecule has 1 aromatic rings. The summed E-state index contributed by atoms with van der Waals surface area (Å²) in [5.74, 6) is 0. The van der Waals surface area contributed by atoms with Crippen molar-refractivity contribution in [2.75, 3.05) is 18.4 Å². The summed E-state index contributed by atoms with van der Waals surface area (Å²) in [4.78, 5) is 0. The van der Waals surface area contributed by atoms with Crippen LogP contribution in [0.15, 0.2) is 22.7 Å². The first-order valence-corrected chi connectivity index (χ1v) is 6.10. The Kier molecular flexibility index (Phi) is 3.63. The van der Waals surface area contributed by atoms with Crippen LogP contribution >= 0.6 is 15.9 Å². The number of alkyl halides is 3. The highest BCUT2D eigenvalue weighted by atomic mass is 79.9. The van der Waals surface area contributed by atoms with E-state index in [1.54, 1.807) is 6.07 Å². The lowest BCUT2D eigenvalue weighted by molar-refractivity contribution is -0.138. The quantitative estimate of drug-likeness (QED) is 0.876. The van der Waals surface area contributed by atoms with E-state index in [0.29, 0.717) is 5.69 Å². The highest BCUT2D eigenvalue weighted by molar-refractivity contribution is 9.10. The van der Waals surface area contributed by atoms with Gasteiger partial charge < -0.3 is 10.6 Å². The highest BCUT2D eigenvalue weighted by Crippen LogP contribution is 2.36. The summed E-state index contributed by atoms with van der Waals surface area (Å²) in [5.41, 5.74) is -0.136. The number of nitrogens with one attached hydrogen (secondary N) is 2. The molecule has 0 aliphatic carbocycles. The van der Waals surface area contributed by atoms with Gasteiger partial charge in [-0.2, -0.15) is 13.2 Å². The van der Waals surface area contributed by atoms with Crippen molar-refractivity contribution in [1.82, 2.24) is 5.32 Å². The lowest BCUT2D eigenvalue weighted by Gasteiger charge is -2.16. The van der Waals surface area contributed by atoms with E-state index < -0.39 is 11.7 Å². The minimum atomic E-state index is -4.33. The van der Waals surface area contributed by atoms with Crippen molar-refractivity contribution in [3.05, 3.63) is 28.2 Å². The molecule has 0 saturated carbocycles. The molecule has 1 unspecified atom stereocenters. The molecule has 0 bridgehead atoms. The lowest BCUT2D eigenvalue weighted by atomic mass is 10.1. The number of halogens is 4. The van der Waals surface area contributed by atoms with Gasteiger partial charge >= 0.3 is 6.18 Å². The number of benzene rings is 1. The summed E-state index contributed by atoms with van der Waals surface area (Å²) < 4.78 is 38.1. The first kappa shape index (κ1) is 12.7. The fraction of sp³-hybridized carbons (Fsp3) is 0.455. The zero-order chi connectivity index (χ0) is 12.5. The Morgan fingerprint density at radius 2 is 2.12 bits per heavy atom. The molecular formula is C11H12BrF3N2. The molecular weight excluding hydrogens is 297 g/mol. The molecule has 1 saturated heterocycles. The number of rotatable bonds is 2. The van der Waals surface area contributed by atoms with Crippen LogP contribution in [-0.4, -0.2) is 19.1 Å². The molecule has 0 aromatic heterocycles. The van der Waals surface area contributed by atoms with Gasteiger partial charge in [0, 0.05) is 22.7 Å². The smallest absolute Gasteiger partial charge is 0.381 e. The van der Waals surface area contributed by atoms with Gasteiger partial charge in [-0.3, -0.25) is 0 Å². The fourth-order valence-electron chi connectivity index (χ4n) is 1.85. The van der Waals surface area contributed by atoms with Crippen LogP contribution in [0.25, 0.3) is 0 Å². The number of hydrogen-bond donors (Lipinski definition) is 2. The van der Waals surface area contributed by atoms with E-state index >= 15 is 0 Å². The summed E-state index contributed by atoms with van der Waals surface area (Å²) >= 11 is 2.92. The summed E-state index contributed by atoms with van der Waals surface area (Å²) in [7, 11) is 0. The SMILES string of the molecule is FC(F)(F)c1cc(NC2CCNC2)ccc1Br. The molecule has 2 N–H and O–H groups in total. The number of hydrogen-bond acceptors (Lipinski definition) is 2. The van der Waals surface area contributed by atoms with Crippen LogP contribution in [0, 0.1) is 0 Å². The molecule has 1 aromatic carbocycles. The molecule has 2 rings (SSSR count). The van der Waals surface area contributed by atoms with E-state index in [4.69, 9.17) is 0 Å². The van der Waals surface area contributed by atoms with E-state index in [1.165, 1.54) is 6.07 Å². The Morgan fingerprint density at radius 1 is 1.35 bits per heavy atom. The van der Waals surface area contributed by atoms with Gasteiger partial charge in [0.2, 0.25) is 0 Å².